The summed E-state index contributed by atoms with van der Waals surface area (Å²) in [5.41, 5.74) is 0.436. The van der Waals surface area contributed by atoms with Gasteiger partial charge in [0.05, 0.1) is 6.20 Å². The van der Waals surface area contributed by atoms with Crippen molar-refractivity contribution in [1.82, 2.24) is 4.98 Å². The second kappa shape index (κ2) is 5.66. The van der Waals surface area contributed by atoms with Crippen LogP contribution < -0.4 is 4.74 Å². The summed E-state index contributed by atoms with van der Waals surface area (Å²) < 4.78 is 6.81. The highest BCUT2D eigenvalue weighted by molar-refractivity contribution is 9.10. The maximum atomic E-state index is 11.2. The lowest BCUT2D eigenvalue weighted by atomic mass is 10.1. The van der Waals surface area contributed by atoms with Crippen LogP contribution in [0.15, 0.2) is 59.2 Å². The quantitative estimate of drug-likeness (QED) is 0.630. The fraction of sp³-hybridized carbons (Fsp3) is 0.0588. The standard InChI is InChI=1S/C17H12BrNO2/c1-11(20)17-7-6-16(10-19-17)21-15-5-3-12-8-14(18)4-2-13(12)9-15/h2-10H,1H3. The molecule has 1 aromatic heterocycles. The van der Waals surface area contributed by atoms with E-state index in [-0.39, 0.29) is 5.78 Å². The number of hydrogen-bond donors (Lipinski definition) is 0. The largest absolute Gasteiger partial charge is 0.456 e. The van der Waals surface area contributed by atoms with Gasteiger partial charge in [0, 0.05) is 11.4 Å². The van der Waals surface area contributed by atoms with Crippen LogP contribution in [0.2, 0.25) is 0 Å². The lowest BCUT2D eigenvalue weighted by Gasteiger charge is -2.07. The molecule has 0 aliphatic heterocycles. The van der Waals surface area contributed by atoms with E-state index in [0.29, 0.717) is 11.4 Å². The fourth-order valence-electron chi connectivity index (χ4n) is 2.04. The zero-order valence-corrected chi connectivity index (χ0v) is 12.9. The van der Waals surface area contributed by atoms with Crippen LogP contribution in [0.4, 0.5) is 0 Å². The van der Waals surface area contributed by atoms with Crippen molar-refractivity contribution in [2.75, 3.05) is 0 Å². The summed E-state index contributed by atoms with van der Waals surface area (Å²) in [6.07, 6.45) is 1.56. The minimum absolute atomic E-state index is 0.0576. The maximum absolute atomic E-state index is 11.2. The molecule has 4 heteroatoms. The summed E-state index contributed by atoms with van der Waals surface area (Å²) in [6, 6.07) is 15.4. The highest BCUT2D eigenvalue weighted by Gasteiger charge is 2.03. The van der Waals surface area contributed by atoms with E-state index >= 15 is 0 Å². The Balaban J connectivity index is 1.87. The highest BCUT2D eigenvalue weighted by atomic mass is 79.9. The Morgan fingerprint density at radius 3 is 2.43 bits per heavy atom. The molecule has 0 saturated carbocycles. The van der Waals surface area contributed by atoms with Crippen LogP contribution in [-0.2, 0) is 0 Å². The number of aromatic nitrogens is 1. The van der Waals surface area contributed by atoms with Gasteiger partial charge in [0.2, 0.25) is 0 Å². The lowest BCUT2D eigenvalue weighted by molar-refractivity contribution is 0.101. The number of pyridine rings is 1. The Morgan fingerprint density at radius 1 is 1.00 bits per heavy atom. The van der Waals surface area contributed by atoms with E-state index in [4.69, 9.17) is 4.74 Å². The zero-order valence-electron chi connectivity index (χ0n) is 11.3. The van der Waals surface area contributed by atoms with Crippen molar-refractivity contribution in [2.45, 2.75) is 6.92 Å². The van der Waals surface area contributed by atoms with Crippen molar-refractivity contribution in [3.05, 3.63) is 64.9 Å². The minimum Gasteiger partial charge on any atom is -0.456 e. The van der Waals surface area contributed by atoms with E-state index in [0.717, 1.165) is 21.0 Å². The number of halogens is 1. The number of fused-ring (bicyclic) bond motifs is 1. The molecule has 0 amide bonds. The number of carbonyl (C=O) groups is 1. The molecule has 2 aromatic carbocycles. The molecule has 3 nitrogen and oxygen atoms in total. The van der Waals surface area contributed by atoms with Crippen molar-refractivity contribution >= 4 is 32.5 Å². The van der Waals surface area contributed by atoms with Gasteiger partial charge in [-0.25, -0.2) is 4.98 Å². The van der Waals surface area contributed by atoms with E-state index in [9.17, 15) is 4.79 Å². The van der Waals surface area contributed by atoms with Crippen LogP contribution in [-0.4, -0.2) is 10.8 Å². The second-order valence-corrected chi connectivity index (χ2v) is 5.61. The Labute approximate surface area is 130 Å². The molecule has 0 saturated heterocycles. The third-order valence-corrected chi connectivity index (χ3v) is 3.60. The van der Waals surface area contributed by atoms with Crippen molar-refractivity contribution in [1.29, 1.82) is 0 Å². The third kappa shape index (κ3) is 3.11. The van der Waals surface area contributed by atoms with Gasteiger partial charge in [-0.05, 0) is 47.2 Å². The lowest BCUT2D eigenvalue weighted by Crippen LogP contribution is -1.95. The minimum atomic E-state index is -0.0576. The summed E-state index contributed by atoms with van der Waals surface area (Å²) >= 11 is 3.46. The summed E-state index contributed by atoms with van der Waals surface area (Å²) in [5, 5.41) is 2.24. The number of nitrogens with zero attached hydrogens (tertiary/aromatic N) is 1. The number of ketones is 1. The number of hydrogen-bond acceptors (Lipinski definition) is 3. The SMILES string of the molecule is CC(=O)c1ccc(Oc2ccc3cc(Br)ccc3c2)cn1. The molecule has 0 bridgehead atoms. The van der Waals surface area contributed by atoms with Gasteiger partial charge >= 0.3 is 0 Å². The predicted octanol–water partition coefficient (Wildman–Crippen LogP) is 4.99. The van der Waals surface area contributed by atoms with E-state index in [1.54, 1.807) is 18.3 Å². The summed E-state index contributed by atoms with van der Waals surface area (Å²) in [6.45, 7) is 1.49. The molecule has 104 valence electrons. The molecule has 0 fully saturated rings. The summed E-state index contributed by atoms with van der Waals surface area (Å²) in [5.74, 6) is 1.29. The fourth-order valence-corrected chi connectivity index (χ4v) is 2.42. The Kier molecular flexibility index (Phi) is 3.71. The van der Waals surface area contributed by atoms with Gasteiger partial charge in [-0.15, -0.1) is 0 Å². The summed E-state index contributed by atoms with van der Waals surface area (Å²) in [7, 11) is 0. The van der Waals surface area contributed by atoms with E-state index < -0.39 is 0 Å². The maximum Gasteiger partial charge on any atom is 0.178 e. The van der Waals surface area contributed by atoms with Crippen molar-refractivity contribution in [3.8, 4) is 11.5 Å². The van der Waals surface area contributed by atoms with Gasteiger partial charge in [0.15, 0.2) is 5.78 Å². The monoisotopic (exact) mass is 341 g/mol. The molecule has 0 unspecified atom stereocenters. The van der Waals surface area contributed by atoms with E-state index in [1.165, 1.54) is 6.92 Å². The van der Waals surface area contributed by atoms with Gasteiger partial charge in [-0.1, -0.05) is 28.1 Å². The van der Waals surface area contributed by atoms with Crippen LogP contribution in [0, 0.1) is 0 Å². The molecule has 3 aromatic rings. The third-order valence-electron chi connectivity index (χ3n) is 3.11. The van der Waals surface area contributed by atoms with E-state index in [1.807, 2.05) is 30.3 Å². The van der Waals surface area contributed by atoms with Gasteiger partial charge in [-0.3, -0.25) is 4.79 Å². The molecule has 0 radical (unpaired) electrons. The second-order valence-electron chi connectivity index (χ2n) is 4.69. The highest BCUT2D eigenvalue weighted by Crippen LogP contribution is 2.27. The average molecular weight is 342 g/mol. The predicted molar refractivity (Wildman–Crippen MR) is 86.0 cm³/mol. The first-order valence-corrected chi connectivity index (χ1v) is 7.25. The van der Waals surface area contributed by atoms with Gasteiger partial charge in [0.25, 0.3) is 0 Å². The smallest absolute Gasteiger partial charge is 0.178 e. The molecule has 21 heavy (non-hydrogen) atoms. The van der Waals surface area contributed by atoms with E-state index in [2.05, 4.69) is 27.0 Å². The van der Waals surface area contributed by atoms with Gasteiger partial charge < -0.3 is 4.74 Å². The number of carbonyl (C=O) groups excluding carboxylic acids is 1. The molecule has 0 spiro atoms. The van der Waals surface area contributed by atoms with Crippen LogP contribution in [0.25, 0.3) is 10.8 Å². The molecule has 3 rings (SSSR count). The Hall–Kier alpha value is -2.20. The van der Waals surface area contributed by atoms with Crippen LogP contribution >= 0.6 is 15.9 Å². The van der Waals surface area contributed by atoms with Crippen molar-refractivity contribution < 1.29 is 9.53 Å². The zero-order chi connectivity index (χ0) is 14.8. The number of Topliss-reactive ketones (excluding diaryl/α,β-unsaturated/α-hetero) is 1. The van der Waals surface area contributed by atoms with Gasteiger partial charge in [0.1, 0.15) is 17.2 Å². The molecule has 1 heterocycles. The van der Waals surface area contributed by atoms with Crippen LogP contribution in [0.1, 0.15) is 17.4 Å². The Bertz CT molecular complexity index is 813. The number of ether oxygens (including phenoxy) is 1. The van der Waals surface area contributed by atoms with Crippen LogP contribution in [0.3, 0.4) is 0 Å². The molecule has 0 aliphatic rings. The number of benzene rings is 2. The van der Waals surface area contributed by atoms with Gasteiger partial charge in [-0.2, -0.15) is 0 Å². The first-order chi connectivity index (χ1) is 10.1. The first-order valence-electron chi connectivity index (χ1n) is 6.46. The number of rotatable bonds is 3. The normalized spacial score (nSPS) is 10.6. The van der Waals surface area contributed by atoms with Crippen molar-refractivity contribution in [3.63, 3.8) is 0 Å². The molecular formula is C17H12BrNO2. The van der Waals surface area contributed by atoms with Crippen molar-refractivity contribution in [2.24, 2.45) is 0 Å². The summed E-state index contributed by atoms with van der Waals surface area (Å²) in [4.78, 5) is 15.2. The molecule has 0 aliphatic carbocycles. The van der Waals surface area contributed by atoms with Crippen LogP contribution in [0.5, 0.6) is 11.5 Å². The average Bonchev–Trinajstić information content (AvgIpc) is 2.48. The molecule has 0 atom stereocenters. The topological polar surface area (TPSA) is 39.2 Å². The molecular weight excluding hydrogens is 330 g/mol. The Morgan fingerprint density at radius 2 is 1.71 bits per heavy atom. The first kappa shape index (κ1) is 13.8. The molecule has 0 N–H and O–H groups in total.